The highest BCUT2D eigenvalue weighted by atomic mass is 35.5. The van der Waals surface area contributed by atoms with Gasteiger partial charge in [-0.3, -0.25) is 4.79 Å². The number of fused-ring (bicyclic) bond motifs is 1. The molecule has 2 heterocycles. The summed E-state index contributed by atoms with van der Waals surface area (Å²) in [7, 11) is 1.36. The minimum atomic E-state index is -0.286. The molecular weight excluding hydrogens is 282 g/mol. The van der Waals surface area contributed by atoms with Crippen LogP contribution in [0.3, 0.4) is 0 Å². The number of carbonyl (C=O) groups excluding carboxylic acids is 1. The van der Waals surface area contributed by atoms with E-state index >= 15 is 0 Å². The zero-order valence-electron chi connectivity index (χ0n) is 11.6. The minimum absolute atomic E-state index is 0.118. The number of nitrogens with zero attached hydrogens (tertiary/aromatic N) is 4. The summed E-state index contributed by atoms with van der Waals surface area (Å²) < 4.78 is 6.54. The van der Waals surface area contributed by atoms with Gasteiger partial charge in [0, 0.05) is 12.6 Å². The summed E-state index contributed by atoms with van der Waals surface area (Å²) in [5.74, 6) is 0.279. The van der Waals surface area contributed by atoms with Gasteiger partial charge in [0.05, 0.1) is 19.9 Å². The number of imidazole rings is 1. The molecule has 0 aromatic carbocycles. The second kappa shape index (κ2) is 6.04. The molecule has 2 rings (SSSR count). The van der Waals surface area contributed by atoms with Crippen LogP contribution >= 0.6 is 11.6 Å². The van der Waals surface area contributed by atoms with Crippen LogP contribution in [-0.4, -0.2) is 39.1 Å². The Bertz CT molecular complexity index is 626. The molecule has 0 amide bonds. The van der Waals surface area contributed by atoms with Gasteiger partial charge in [-0.2, -0.15) is 9.97 Å². The van der Waals surface area contributed by atoms with Crippen molar-refractivity contribution in [3.8, 4) is 0 Å². The van der Waals surface area contributed by atoms with Gasteiger partial charge in [0.2, 0.25) is 5.28 Å². The highest BCUT2D eigenvalue weighted by Crippen LogP contribution is 2.24. The first-order valence-corrected chi connectivity index (χ1v) is 6.61. The summed E-state index contributed by atoms with van der Waals surface area (Å²) in [6, 6.07) is 0.214. The molecule has 0 fully saturated rings. The smallest absolute Gasteiger partial charge is 0.307 e. The third-order valence-corrected chi connectivity index (χ3v) is 2.98. The number of aromatic nitrogens is 4. The predicted octanol–water partition coefficient (Wildman–Crippen LogP) is 2.04. The monoisotopic (exact) mass is 297 g/mol. The van der Waals surface area contributed by atoms with Crippen LogP contribution in [0.25, 0.3) is 11.2 Å². The van der Waals surface area contributed by atoms with Gasteiger partial charge in [-0.1, -0.05) is 0 Å². The molecular formula is C12H16ClN5O2. The fourth-order valence-corrected chi connectivity index (χ4v) is 1.98. The van der Waals surface area contributed by atoms with Crippen LogP contribution in [0.1, 0.15) is 26.3 Å². The topological polar surface area (TPSA) is 81.9 Å². The lowest BCUT2D eigenvalue weighted by molar-refractivity contribution is -0.140. The Balaban J connectivity index is 2.30. The number of methoxy groups -OCH3 is 1. The molecule has 0 radical (unpaired) electrons. The number of anilines is 1. The highest BCUT2D eigenvalue weighted by molar-refractivity contribution is 6.28. The normalized spacial score (nSPS) is 11.1. The summed E-state index contributed by atoms with van der Waals surface area (Å²) in [4.78, 5) is 23.6. The van der Waals surface area contributed by atoms with Crippen molar-refractivity contribution in [2.45, 2.75) is 26.3 Å². The minimum Gasteiger partial charge on any atom is -0.469 e. The van der Waals surface area contributed by atoms with E-state index < -0.39 is 0 Å². The second-order valence-electron chi connectivity index (χ2n) is 4.51. The van der Waals surface area contributed by atoms with Crippen LogP contribution in [0, 0.1) is 0 Å². The van der Waals surface area contributed by atoms with E-state index in [2.05, 4.69) is 25.0 Å². The number of carbonyl (C=O) groups is 1. The van der Waals surface area contributed by atoms with E-state index in [1.54, 1.807) is 6.33 Å². The molecule has 20 heavy (non-hydrogen) atoms. The van der Waals surface area contributed by atoms with Gasteiger partial charge in [-0.05, 0) is 25.4 Å². The molecule has 0 unspecified atom stereocenters. The Hall–Kier alpha value is -1.89. The molecule has 0 spiro atoms. The van der Waals surface area contributed by atoms with Gasteiger partial charge in [0.1, 0.15) is 5.52 Å². The van der Waals surface area contributed by atoms with Crippen molar-refractivity contribution in [2.75, 3.05) is 19.0 Å². The van der Waals surface area contributed by atoms with Crippen LogP contribution in [0.2, 0.25) is 5.28 Å². The Labute approximate surface area is 121 Å². The standard InChI is InChI=1S/C12H16ClN5O2/c1-7(2)18-6-15-11-9(18)10(16-12(13)17-11)14-5-4-8(19)20-3/h6-7H,4-5H2,1-3H3,(H,14,16,17). The van der Waals surface area contributed by atoms with Crippen molar-refractivity contribution in [2.24, 2.45) is 0 Å². The van der Waals surface area contributed by atoms with E-state index in [1.807, 2.05) is 18.4 Å². The van der Waals surface area contributed by atoms with Crippen LogP contribution in [0.15, 0.2) is 6.33 Å². The van der Waals surface area contributed by atoms with Crippen molar-refractivity contribution in [1.82, 2.24) is 19.5 Å². The molecule has 7 nitrogen and oxygen atoms in total. The molecule has 0 atom stereocenters. The summed E-state index contributed by atoms with van der Waals surface area (Å²) in [5, 5.41) is 3.20. The molecule has 0 bridgehead atoms. The van der Waals surface area contributed by atoms with Gasteiger partial charge >= 0.3 is 5.97 Å². The Kier molecular flexibility index (Phi) is 4.39. The maximum atomic E-state index is 11.1. The summed E-state index contributed by atoms with van der Waals surface area (Å²) >= 11 is 5.88. The second-order valence-corrected chi connectivity index (χ2v) is 4.85. The van der Waals surface area contributed by atoms with Gasteiger partial charge < -0.3 is 14.6 Å². The zero-order chi connectivity index (χ0) is 14.7. The van der Waals surface area contributed by atoms with Gasteiger partial charge in [0.15, 0.2) is 11.5 Å². The molecule has 0 aliphatic carbocycles. The van der Waals surface area contributed by atoms with E-state index in [9.17, 15) is 4.79 Å². The number of ether oxygens (including phenoxy) is 1. The fourth-order valence-electron chi connectivity index (χ4n) is 1.82. The van der Waals surface area contributed by atoms with Crippen molar-refractivity contribution in [3.63, 3.8) is 0 Å². The van der Waals surface area contributed by atoms with Gasteiger partial charge in [-0.25, -0.2) is 4.98 Å². The third kappa shape index (κ3) is 2.98. The quantitative estimate of drug-likeness (QED) is 0.672. The molecule has 2 aromatic heterocycles. The molecule has 0 aliphatic heterocycles. The van der Waals surface area contributed by atoms with Crippen molar-refractivity contribution in [1.29, 1.82) is 0 Å². The molecule has 8 heteroatoms. The Morgan fingerprint density at radius 1 is 1.50 bits per heavy atom. The van der Waals surface area contributed by atoms with Crippen LogP contribution in [0.4, 0.5) is 5.82 Å². The number of hydrogen-bond donors (Lipinski definition) is 1. The number of halogens is 1. The third-order valence-electron chi connectivity index (χ3n) is 2.81. The lowest BCUT2D eigenvalue weighted by Gasteiger charge is -2.12. The maximum absolute atomic E-state index is 11.1. The Morgan fingerprint density at radius 3 is 2.90 bits per heavy atom. The number of hydrogen-bond acceptors (Lipinski definition) is 6. The van der Waals surface area contributed by atoms with E-state index in [0.717, 1.165) is 5.52 Å². The van der Waals surface area contributed by atoms with Crippen molar-refractivity contribution < 1.29 is 9.53 Å². The molecule has 108 valence electrons. The first-order chi connectivity index (χ1) is 9.52. The van der Waals surface area contributed by atoms with E-state index in [1.165, 1.54) is 7.11 Å². The average Bonchev–Trinajstić information content (AvgIpc) is 2.82. The lowest BCUT2D eigenvalue weighted by atomic mass is 10.3. The first kappa shape index (κ1) is 14.5. The van der Waals surface area contributed by atoms with Crippen LogP contribution < -0.4 is 5.32 Å². The number of rotatable bonds is 5. The highest BCUT2D eigenvalue weighted by Gasteiger charge is 2.14. The van der Waals surface area contributed by atoms with E-state index in [-0.39, 0.29) is 23.7 Å². The van der Waals surface area contributed by atoms with E-state index in [0.29, 0.717) is 18.0 Å². The van der Waals surface area contributed by atoms with Gasteiger partial charge in [-0.15, -0.1) is 0 Å². The average molecular weight is 298 g/mol. The number of nitrogens with one attached hydrogen (secondary N) is 1. The molecule has 0 saturated heterocycles. The summed E-state index contributed by atoms with van der Waals surface area (Å²) in [6.07, 6.45) is 1.95. The molecule has 2 aromatic rings. The van der Waals surface area contributed by atoms with E-state index in [4.69, 9.17) is 11.6 Å². The zero-order valence-corrected chi connectivity index (χ0v) is 12.3. The van der Waals surface area contributed by atoms with Crippen LogP contribution in [-0.2, 0) is 9.53 Å². The molecule has 0 saturated carbocycles. The maximum Gasteiger partial charge on any atom is 0.307 e. The van der Waals surface area contributed by atoms with Crippen molar-refractivity contribution in [3.05, 3.63) is 11.6 Å². The first-order valence-electron chi connectivity index (χ1n) is 6.23. The molecule has 1 N–H and O–H groups in total. The predicted molar refractivity (Wildman–Crippen MR) is 75.8 cm³/mol. The summed E-state index contributed by atoms with van der Waals surface area (Å²) in [6.45, 7) is 4.47. The van der Waals surface area contributed by atoms with Crippen molar-refractivity contribution >= 4 is 34.6 Å². The lowest BCUT2D eigenvalue weighted by Crippen LogP contribution is -2.12. The Morgan fingerprint density at radius 2 is 2.25 bits per heavy atom. The summed E-state index contributed by atoms with van der Waals surface area (Å²) in [5.41, 5.74) is 1.30. The molecule has 0 aliphatic rings. The van der Waals surface area contributed by atoms with Gasteiger partial charge in [0.25, 0.3) is 0 Å². The largest absolute Gasteiger partial charge is 0.469 e. The van der Waals surface area contributed by atoms with Crippen LogP contribution in [0.5, 0.6) is 0 Å². The fraction of sp³-hybridized carbons (Fsp3) is 0.500. The number of esters is 1. The SMILES string of the molecule is COC(=O)CCNc1nc(Cl)nc2ncn(C(C)C)c12.